The van der Waals surface area contributed by atoms with E-state index in [1.165, 1.54) is 32.2 Å². The van der Waals surface area contributed by atoms with Crippen molar-refractivity contribution < 1.29 is 9.47 Å². The van der Waals surface area contributed by atoms with E-state index in [1.54, 1.807) is 0 Å². The van der Waals surface area contributed by atoms with Gasteiger partial charge in [-0.15, -0.1) is 0 Å². The van der Waals surface area contributed by atoms with Crippen LogP contribution in [0.1, 0.15) is 39.0 Å². The van der Waals surface area contributed by atoms with Gasteiger partial charge in [-0.3, -0.25) is 0 Å². The third kappa shape index (κ3) is 3.69. The van der Waals surface area contributed by atoms with Crippen molar-refractivity contribution in [3.05, 3.63) is 0 Å². The first-order valence-corrected chi connectivity index (χ1v) is 8.01. The van der Waals surface area contributed by atoms with Crippen molar-refractivity contribution in [2.75, 3.05) is 26.3 Å². The molecule has 4 heteroatoms. The first kappa shape index (κ1) is 13.8. The summed E-state index contributed by atoms with van der Waals surface area (Å²) in [5.74, 6) is 1.63. The summed E-state index contributed by atoms with van der Waals surface area (Å²) in [6.07, 6.45) is 6.34. The average molecular weight is 268 g/mol. The van der Waals surface area contributed by atoms with Crippen LogP contribution in [0.5, 0.6) is 0 Å². The number of ether oxygens (including phenoxy) is 2. The van der Waals surface area contributed by atoms with Crippen molar-refractivity contribution in [1.29, 1.82) is 0 Å². The zero-order valence-electron chi connectivity index (χ0n) is 12.1. The van der Waals surface area contributed by atoms with Crippen LogP contribution in [0.15, 0.2) is 0 Å². The van der Waals surface area contributed by atoms with Gasteiger partial charge in [0.2, 0.25) is 0 Å². The van der Waals surface area contributed by atoms with Crippen LogP contribution >= 0.6 is 0 Å². The summed E-state index contributed by atoms with van der Waals surface area (Å²) in [4.78, 5) is 0. The van der Waals surface area contributed by atoms with Crippen LogP contribution in [0.2, 0.25) is 0 Å². The molecule has 4 unspecified atom stereocenters. The lowest BCUT2D eigenvalue weighted by molar-refractivity contribution is -0.0608. The van der Waals surface area contributed by atoms with E-state index in [4.69, 9.17) is 9.47 Å². The highest BCUT2D eigenvalue weighted by Crippen LogP contribution is 2.28. The Labute approximate surface area is 116 Å². The lowest BCUT2D eigenvalue weighted by Gasteiger charge is -2.39. The van der Waals surface area contributed by atoms with Gasteiger partial charge < -0.3 is 20.1 Å². The zero-order chi connectivity index (χ0) is 13.1. The van der Waals surface area contributed by atoms with Crippen molar-refractivity contribution in [3.8, 4) is 0 Å². The summed E-state index contributed by atoms with van der Waals surface area (Å²) in [5, 5.41) is 7.43. The summed E-state index contributed by atoms with van der Waals surface area (Å²) >= 11 is 0. The van der Waals surface area contributed by atoms with Gasteiger partial charge in [0.05, 0.1) is 13.2 Å². The summed E-state index contributed by atoms with van der Waals surface area (Å²) < 4.78 is 11.2. The highest BCUT2D eigenvalue weighted by molar-refractivity contribution is 4.91. The van der Waals surface area contributed by atoms with E-state index in [0.29, 0.717) is 12.1 Å². The molecule has 0 spiro atoms. The van der Waals surface area contributed by atoms with Gasteiger partial charge in [-0.25, -0.2) is 0 Å². The Balaban J connectivity index is 1.49. The van der Waals surface area contributed by atoms with Gasteiger partial charge in [0.1, 0.15) is 0 Å². The lowest BCUT2D eigenvalue weighted by atomic mass is 9.82. The van der Waals surface area contributed by atoms with E-state index < -0.39 is 0 Å². The van der Waals surface area contributed by atoms with Crippen LogP contribution in [0, 0.1) is 11.8 Å². The molecule has 0 aromatic rings. The molecule has 0 radical (unpaired) electrons. The molecule has 3 saturated heterocycles. The molecule has 2 N–H and O–H groups in total. The summed E-state index contributed by atoms with van der Waals surface area (Å²) in [6.45, 7) is 6.27. The molecular weight excluding hydrogens is 240 g/mol. The molecule has 0 saturated carbocycles. The third-order valence-electron chi connectivity index (χ3n) is 4.95. The molecule has 4 atom stereocenters. The fourth-order valence-corrected chi connectivity index (χ4v) is 3.83. The summed E-state index contributed by atoms with van der Waals surface area (Å²) in [5.41, 5.74) is 0. The second-order valence-electron chi connectivity index (χ2n) is 6.55. The second kappa shape index (κ2) is 6.53. The van der Waals surface area contributed by atoms with E-state index in [9.17, 15) is 0 Å². The molecule has 0 aliphatic carbocycles. The normalized spacial score (nSPS) is 41.5. The van der Waals surface area contributed by atoms with Crippen LogP contribution in [0.3, 0.4) is 0 Å². The molecule has 4 nitrogen and oxygen atoms in total. The van der Waals surface area contributed by atoms with E-state index >= 15 is 0 Å². The predicted octanol–water partition coefficient (Wildman–Crippen LogP) is 1.51. The van der Waals surface area contributed by atoms with Crippen molar-refractivity contribution >= 4 is 0 Å². The fraction of sp³-hybridized carbons (Fsp3) is 1.00. The molecule has 3 heterocycles. The van der Waals surface area contributed by atoms with Crippen molar-refractivity contribution in [3.63, 3.8) is 0 Å². The Morgan fingerprint density at radius 3 is 2.37 bits per heavy atom. The molecule has 0 bridgehead atoms. The maximum absolute atomic E-state index is 5.60. The molecule has 3 aliphatic heterocycles. The van der Waals surface area contributed by atoms with E-state index in [0.717, 1.165) is 38.0 Å². The summed E-state index contributed by atoms with van der Waals surface area (Å²) in [6, 6.07) is 1.31. The highest BCUT2D eigenvalue weighted by atomic mass is 16.7. The maximum Gasteiger partial charge on any atom is 0.158 e. The molecule has 0 aromatic heterocycles. The largest absolute Gasteiger partial charge is 0.350 e. The van der Waals surface area contributed by atoms with Crippen LogP contribution in [-0.4, -0.2) is 44.7 Å². The van der Waals surface area contributed by atoms with Crippen LogP contribution in [-0.2, 0) is 9.47 Å². The van der Waals surface area contributed by atoms with Crippen molar-refractivity contribution in [1.82, 2.24) is 10.6 Å². The van der Waals surface area contributed by atoms with Gasteiger partial charge in [0.25, 0.3) is 0 Å². The molecule has 19 heavy (non-hydrogen) atoms. The zero-order valence-corrected chi connectivity index (χ0v) is 12.1. The Bertz CT molecular complexity index is 281. The predicted molar refractivity (Wildman–Crippen MR) is 75.0 cm³/mol. The molecule has 110 valence electrons. The van der Waals surface area contributed by atoms with Crippen molar-refractivity contribution in [2.24, 2.45) is 11.8 Å². The molecule has 3 aliphatic rings. The van der Waals surface area contributed by atoms with Crippen LogP contribution in [0.25, 0.3) is 0 Å². The van der Waals surface area contributed by atoms with Gasteiger partial charge in [-0.2, -0.15) is 0 Å². The highest BCUT2D eigenvalue weighted by Gasteiger charge is 2.32. The minimum absolute atomic E-state index is 0.0713. The SMILES string of the molecule is CC1CCNC(C2CC(CC3OCCO3)CCN2)C1. The summed E-state index contributed by atoms with van der Waals surface area (Å²) in [7, 11) is 0. The molecular formula is C15H28N2O2. The second-order valence-corrected chi connectivity index (χ2v) is 6.55. The van der Waals surface area contributed by atoms with Crippen LogP contribution < -0.4 is 10.6 Å². The Kier molecular flexibility index (Phi) is 4.74. The average Bonchev–Trinajstić information content (AvgIpc) is 2.92. The number of rotatable bonds is 3. The van der Waals surface area contributed by atoms with Crippen LogP contribution in [0.4, 0.5) is 0 Å². The monoisotopic (exact) mass is 268 g/mol. The quantitative estimate of drug-likeness (QED) is 0.814. The Morgan fingerprint density at radius 1 is 0.947 bits per heavy atom. The van der Waals surface area contributed by atoms with E-state index in [1.807, 2.05) is 0 Å². The fourth-order valence-electron chi connectivity index (χ4n) is 3.83. The minimum Gasteiger partial charge on any atom is -0.350 e. The minimum atomic E-state index is 0.0713. The van der Waals surface area contributed by atoms with E-state index in [-0.39, 0.29) is 6.29 Å². The third-order valence-corrected chi connectivity index (χ3v) is 4.95. The van der Waals surface area contributed by atoms with Gasteiger partial charge >= 0.3 is 0 Å². The van der Waals surface area contributed by atoms with Gasteiger partial charge in [0.15, 0.2) is 6.29 Å². The number of nitrogens with one attached hydrogen (secondary N) is 2. The van der Waals surface area contributed by atoms with Crippen molar-refractivity contribution in [2.45, 2.75) is 57.4 Å². The smallest absolute Gasteiger partial charge is 0.158 e. The standard InChI is InChI=1S/C15H28N2O2/c1-11-2-4-16-13(8-11)14-9-12(3-5-17-14)10-15-18-6-7-19-15/h11-17H,2-10H2,1H3. The maximum atomic E-state index is 5.60. The lowest BCUT2D eigenvalue weighted by Crippen LogP contribution is -2.54. The van der Waals surface area contributed by atoms with E-state index in [2.05, 4.69) is 17.6 Å². The molecule has 0 amide bonds. The molecule has 0 aromatic carbocycles. The molecule has 3 rings (SSSR count). The number of piperidine rings is 2. The van der Waals surface area contributed by atoms with Gasteiger partial charge in [-0.1, -0.05) is 6.92 Å². The first-order chi connectivity index (χ1) is 9.31. The first-order valence-electron chi connectivity index (χ1n) is 8.01. The Morgan fingerprint density at radius 2 is 1.63 bits per heavy atom. The Hall–Kier alpha value is -0.160. The number of hydrogen-bond donors (Lipinski definition) is 2. The van der Waals surface area contributed by atoms with Gasteiger partial charge in [-0.05, 0) is 50.6 Å². The van der Waals surface area contributed by atoms with Gasteiger partial charge in [0, 0.05) is 18.5 Å². The topological polar surface area (TPSA) is 42.5 Å². The molecule has 3 fully saturated rings. The number of hydrogen-bond acceptors (Lipinski definition) is 4.